The van der Waals surface area contributed by atoms with E-state index in [0.29, 0.717) is 19.6 Å². The lowest BCUT2D eigenvalue weighted by Gasteiger charge is -2.15. The Morgan fingerprint density at radius 3 is 1.33 bits per heavy atom. The molecule has 1 aliphatic heterocycles. The molecule has 2 aromatic carbocycles. The number of benzene rings is 2. The molecule has 0 spiro atoms. The first kappa shape index (κ1) is 87.8. The standard InChI is InChI=1S/C17H21N5.C16H21N5.C13H17N7.C13H21N5O.C13H21N5.C12H20N5/c1-3-9-21(2)12-14-10-18-20-17(14)15-11-19-22(13-15)16-7-5-4-6-8-16;1-20(8-6-17)11-14-10-18-19-16(14)13-4-3-12-5-7-21(2)15(12)9-13;1-19(5-4-14)7-11-6-16-18-13(11)10-2-3-12-15-9-17-20(12)8-10;1-3-4-17(2)9-11-7-14-16-13(11)12-8-15-18(10-12)5-6-19;1-4-6-17(3)9-11-7-14-16-13(11)12-8-15-18(5-2)10-12;1-4-7-16(2)9-10-8-13-15-12(10)11-5-6-14-17(11)3/h4-8,10-11,13H,3,9,12H2,1-2H3,(H,18,20);3-5,7,9-10H,6,8,11,17H2,1-2H3,(H,18,19);2-3,6,8-9H,4-5,7,14H2,1H3,(H,16,18);7-8,10,19H,3-6,9H2,1-2H3,(H,14,16);7-8,10H,4-6,9H2,1-3H3,(H,14,16);5,8H,4,6-7,9H2,1-3H3,(H,13,15)/q;;;;;+1. The number of aryl methyl sites for hydroxylation is 2. The summed E-state index contributed by atoms with van der Waals surface area (Å²) in [6.07, 6.45) is 35.2. The van der Waals surface area contributed by atoms with Gasteiger partial charge < -0.3 is 50.5 Å². The maximum Gasteiger partial charge on any atom is 0.254 e. The molecule has 0 saturated carbocycles. The van der Waals surface area contributed by atoms with Gasteiger partial charge in [0.1, 0.15) is 18.6 Å². The van der Waals surface area contributed by atoms with Crippen LogP contribution in [0.5, 0.6) is 0 Å². The van der Waals surface area contributed by atoms with Crippen molar-refractivity contribution in [3.05, 3.63) is 205 Å². The van der Waals surface area contributed by atoms with Gasteiger partial charge in [-0.25, -0.2) is 14.2 Å². The quantitative estimate of drug-likeness (QED) is 0.0169. The zero-order valence-corrected chi connectivity index (χ0v) is 70.5. The number of rotatable bonds is 34. The van der Waals surface area contributed by atoms with Crippen LogP contribution in [0.1, 0.15) is 99.4 Å². The van der Waals surface area contributed by atoms with E-state index in [2.05, 4.69) is 245 Å². The minimum Gasteiger partial charge on any atom is -0.394 e. The normalized spacial score (nSPS) is 12.0. The molecule has 0 fully saturated rings. The number of aliphatic hydroxyl groups excluding tert-OH is 1. The molecular formula is C84H121N32O+. The van der Waals surface area contributed by atoms with Crippen molar-refractivity contribution in [3.63, 3.8) is 0 Å². The van der Waals surface area contributed by atoms with Crippen LogP contribution in [0.15, 0.2) is 171 Å². The number of H-pyrrole nitrogens is 6. The van der Waals surface area contributed by atoms with Gasteiger partial charge in [-0.15, -0.1) is 0 Å². The van der Waals surface area contributed by atoms with Gasteiger partial charge in [0.25, 0.3) is 5.70 Å². The highest BCUT2D eigenvalue weighted by atomic mass is 16.3. The maximum atomic E-state index is 8.90. The second kappa shape index (κ2) is 45.1. The molecule has 0 saturated heterocycles. The molecule has 0 amide bonds. The van der Waals surface area contributed by atoms with E-state index in [1.54, 1.807) is 21.7 Å². The number of hydrogen-bond acceptors (Lipinski definition) is 21. The zero-order chi connectivity index (χ0) is 83.0. The highest BCUT2D eigenvalue weighted by Crippen LogP contribution is 2.30. The number of likely N-dealkylation sites (N-methyl/N-ethyl adjacent to an activating group) is 2. The van der Waals surface area contributed by atoms with Crippen molar-refractivity contribution in [2.75, 3.05) is 115 Å². The van der Waals surface area contributed by atoms with Crippen molar-refractivity contribution in [3.8, 4) is 62.0 Å². The molecule has 12 aromatic heterocycles. The predicted octanol–water partition coefficient (Wildman–Crippen LogP) is 10.5. The summed E-state index contributed by atoms with van der Waals surface area (Å²) < 4.78 is 11.3. The number of fused-ring (bicyclic) bond motifs is 2. The minimum atomic E-state index is 0.0934. The van der Waals surface area contributed by atoms with Crippen molar-refractivity contribution in [2.24, 2.45) is 23.6 Å². The summed E-state index contributed by atoms with van der Waals surface area (Å²) in [5.74, 6) is 0. The molecule has 117 heavy (non-hydrogen) atoms. The summed E-state index contributed by atoms with van der Waals surface area (Å²) in [7, 11) is 16.7. The van der Waals surface area contributed by atoms with Crippen LogP contribution in [0, 0.1) is 0 Å². The van der Waals surface area contributed by atoms with E-state index in [-0.39, 0.29) is 6.61 Å². The second-order valence-electron chi connectivity index (χ2n) is 29.6. The van der Waals surface area contributed by atoms with E-state index in [0.717, 1.165) is 195 Å². The second-order valence-corrected chi connectivity index (χ2v) is 29.6. The Bertz CT molecular complexity index is 5240. The molecular weight excluding hydrogens is 1470 g/mol. The SMILES string of the molecule is CCCN(C)Cc1cn[nH]c1-c1cnn(-c2ccccc2)c1.CCCN(C)Cc1cn[nH]c1-c1cnn(CC)c1.CCCN(C)Cc1cn[nH]c1-c1cnn(CCO)c1.CCCN(C)Cc1cn[nH]c1C1=CCN=[N+]1C.CN(CCN)Cc1cn[nH]c1-c1ccc2ccn(C)c2c1.CN(CCN)Cc1cn[nH]c1-c1ccc2ncnn2c1. The van der Waals surface area contributed by atoms with Crippen LogP contribution < -0.4 is 11.5 Å². The topological polar surface area (TPSA) is 368 Å². The van der Waals surface area contributed by atoms with Crippen molar-refractivity contribution in [1.82, 2.24) is 139 Å². The summed E-state index contributed by atoms with van der Waals surface area (Å²) in [6, 6.07) is 22.7. The fourth-order valence-corrected chi connectivity index (χ4v) is 13.9. The average molecular weight is 1600 g/mol. The van der Waals surface area contributed by atoms with Crippen molar-refractivity contribution in [2.45, 2.75) is 113 Å². The Labute approximate surface area is 685 Å². The number of aliphatic hydroxyl groups is 1. The molecule has 0 bridgehead atoms. The summed E-state index contributed by atoms with van der Waals surface area (Å²) in [5, 5.41) is 75.1. The number of nitrogens with zero attached hydrogens (tertiary/aromatic N) is 24. The van der Waals surface area contributed by atoms with Crippen LogP contribution >= 0.6 is 0 Å². The van der Waals surface area contributed by atoms with Gasteiger partial charge in [0.2, 0.25) is 0 Å². The molecule has 13 heterocycles. The average Bonchev–Trinajstić information content (AvgIpc) is 1.65. The Kier molecular flexibility index (Phi) is 33.9. The molecule has 33 heteroatoms. The fourth-order valence-electron chi connectivity index (χ4n) is 13.9. The zero-order valence-electron chi connectivity index (χ0n) is 70.5. The van der Waals surface area contributed by atoms with Crippen molar-refractivity contribution in [1.29, 1.82) is 0 Å². The monoisotopic (exact) mass is 1590 g/mol. The first-order valence-electron chi connectivity index (χ1n) is 40.3. The molecule has 0 radical (unpaired) electrons. The van der Waals surface area contributed by atoms with Gasteiger partial charge in [-0.2, -0.15) is 51.0 Å². The Balaban J connectivity index is 0.000000148. The molecule has 11 N–H and O–H groups in total. The molecule has 0 aliphatic carbocycles. The predicted molar refractivity (Wildman–Crippen MR) is 462 cm³/mol. The number of pyridine rings is 1. The minimum absolute atomic E-state index is 0.0934. The van der Waals surface area contributed by atoms with Crippen molar-refractivity contribution < 1.29 is 9.80 Å². The highest BCUT2D eigenvalue weighted by molar-refractivity contribution is 5.85. The Morgan fingerprint density at radius 1 is 0.453 bits per heavy atom. The molecule has 15 rings (SSSR count). The van der Waals surface area contributed by atoms with E-state index in [4.69, 9.17) is 16.6 Å². The largest absolute Gasteiger partial charge is 0.394 e. The lowest BCUT2D eigenvalue weighted by atomic mass is 10.1. The number of aromatic amines is 6. The van der Waals surface area contributed by atoms with E-state index in [1.165, 1.54) is 45.1 Å². The van der Waals surface area contributed by atoms with Gasteiger partial charge >= 0.3 is 0 Å². The van der Waals surface area contributed by atoms with E-state index in [9.17, 15) is 0 Å². The molecule has 0 atom stereocenters. The van der Waals surface area contributed by atoms with Crippen LogP contribution in [0.4, 0.5) is 0 Å². The van der Waals surface area contributed by atoms with Crippen LogP contribution in [0.3, 0.4) is 0 Å². The van der Waals surface area contributed by atoms with Gasteiger partial charge in [0.05, 0.1) is 103 Å². The summed E-state index contributed by atoms with van der Waals surface area (Å²) >= 11 is 0. The van der Waals surface area contributed by atoms with Gasteiger partial charge in [0.15, 0.2) is 12.7 Å². The Morgan fingerprint density at radius 2 is 0.880 bits per heavy atom. The maximum absolute atomic E-state index is 8.90. The third-order valence-electron chi connectivity index (χ3n) is 19.7. The van der Waals surface area contributed by atoms with Crippen LogP contribution in [-0.2, 0) is 59.4 Å². The molecule has 14 aromatic rings. The van der Waals surface area contributed by atoms with Crippen LogP contribution in [0.25, 0.3) is 84.2 Å². The first-order chi connectivity index (χ1) is 56.9. The molecule has 1 aliphatic rings. The fraction of sp³-hybridized carbons (Fsp3) is 0.417. The van der Waals surface area contributed by atoms with Gasteiger partial charge in [0, 0.05) is 183 Å². The van der Waals surface area contributed by atoms with Gasteiger partial charge in [-0.3, -0.25) is 40.0 Å². The van der Waals surface area contributed by atoms with E-state index < -0.39 is 0 Å². The summed E-state index contributed by atoms with van der Waals surface area (Å²) in [6.45, 7) is 25.7. The number of azo groups is 2. The summed E-state index contributed by atoms with van der Waals surface area (Å²) in [4.78, 5) is 17.7. The highest BCUT2D eigenvalue weighted by Gasteiger charge is 2.24. The first-order valence-corrected chi connectivity index (χ1v) is 40.3. The number of nitrogens with two attached hydrogens (primary N) is 2. The summed E-state index contributed by atoms with van der Waals surface area (Å²) in [5.41, 5.74) is 34.3. The lowest BCUT2D eigenvalue weighted by molar-refractivity contribution is -0.467. The van der Waals surface area contributed by atoms with E-state index >= 15 is 0 Å². The van der Waals surface area contributed by atoms with E-state index in [1.807, 2.05) is 139 Å². The molecule has 622 valence electrons. The molecule has 33 nitrogen and oxygen atoms in total. The smallest absolute Gasteiger partial charge is 0.254 e. The molecule has 0 unspecified atom stereocenters. The van der Waals surface area contributed by atoms with Crippen molar-refractivity contribution >= 4 is 22.2 Å². The number of hydrogen-bond donors (Lipinski definition) is 9. The number of nitrogens with one attached hydrogen (secondary N) is 6. The van der Waals surface area contributed by atoms with Crippen LogP contribution in [-0.4, -0.2) is 264 Å². The lowest BCUT2D eigenvalue weighted by Crippen LogP contribution is -2.25. The number of aromatic nitrogens is 22. The Hall–Kier alpha value is -11.5. The van der Waals surface area contributed by atoms with Gasteiger partial charge in [-0.1, -0.05) is 62.7 Å². The third-order valence-corrected chi connectivity index (χ3v) is 19.7. The third kappa shape index (κ3) is 25.0. The van der Waals surface area contributed by atoms with Crippen LogP contribution in [0.2, 0.25) is 0 Å². The van der Waals surface area contributed by atoms with Gasteiger partial charge in [-0.05, 0) is 148 Å². The number of para-hydroxylation sites is 1.